The molecule has 2 aromatic rings. The Bertz CT molecular complexity index is 607. The highest BCUT2D eigenvalue weighted by Crippen LogP contribution is 2.35. The van der Waals surface area contributed by atoms with Crippen LogP contribution in [-0.2, 0) is 10.6 Å². The zero-order valence-electron chi connectivity index (χ0n) is 10.6. The highest BCUT2D eigenvalue weighted by atomic mass is 16.7. The molecule has 0 bridgehead atoms. The molecule has 3 rings (SSSR count). The summed E-state index contributed by atoms with van der Waals surface area (Å²) in [7, 11) is 0. The Morgan fingerprint density at radius 2 is 1.53 bits per heavy atom. The third kappa shape index (κ3) is 2.09. The van der Waals surface area contributed by atoms with E-state index in [0.29, 0.717) is 11.3 Å². The SMILES string of the molecule is CC1=C(c2ccccc2)OC(O)(c2ccccc2)N1. The first-order valence-electron chi connectivity index (χ1n) is 6.20. The minimum Gasteiger partial charge on any atom is -0.438 e. The van der Waals surface area contributed by atoms with Crippen LogP contribution in [0.2, 0.25) is 0 Å². The van der Waals surface area contributed by atoms with Crippen LogP contribution >= 0.6 is 0 Å². The van der Waals surface area contributed by atoms with E-state index in [1.807, 2.05) is 67.6 Å². The van der Waals surface area contributed by atoms with Crippen molar-refractivity contribution < 1.29 is 9.84 Å². The molecule has 3 heteroatoms. The van der Waals surface area contributed by atoms with Gasteiger partial charge in [-0.3, -0.25) is 0 Å². The molecule has 19 heavy (non-hydrogen) atoms. The minimum absolute atomic E-state index is 0.673. The fraction of sp³-hybridized carbons (Fsp3) is 0.125. The topological polar surface area (TPSA) is 41.5 Å². The van der Waals surface area contributed by atoms with Gasteiger partial charge in [-0.25, -0.2) is 0 Å². The number of hydrogen-bond donors (Lipinski definition) is 2. The van der Waals surface area contributed by atoms with E-state index in [1.165, 1.54) is 0 Å². The number of aliphatic hydroxyl groups is 1. The fourth-order valence-electron chi connectivity index (χ4n) is 2.22. The number of hydrogen-bond acceptors (Lipinski definition) is 3. The molecule has 1 heterocycles. The molecule has 1 unspecified atom stereocenters. The van der Waals surface area contributed by atoms with E-state index < -0.39 is 5.91 Å². The molecule has 1 aliphatic heterocycles. The standard InChI is InChI=1S/C16H15NO2/c1-12-15(13-8-4-2-5-9-13)19-16(18,17-12)14-10-6-3-7-11-14/h2-11,17-18H,1H3. The lowest BCUT2D eigenvalue weighted by Gasteiger charge is -2.24. The largest absolute Gasteiger partial charge is 0.438 e. The lowest BCUT2D eigenvalue weighted by Crippen LogP contribution is -2.38. The molecular weight excluding hydrogens is 238 g/mol. The summed E-state index contributed by atoms with van der Waals surface area (Å²) in [5, 5.41) is 13.6. The second kappa shape index (κ2) is 4.44. The van der Waals surface area contributed by atoms with Crippen LogP contribution < -0.4 is 5.32 Å². The van der Waals surface area contributed by atoms with Crippen molar-refractivity contribution in [2.75, 3.05) is 0 Å². The van der Waals surface area contributed by atoms with Crippen molar-refractivity contribution in [3.05, 3.63) is 77.5 Å². The maximum Gasteiger partial charge on any atom is 0.318 e. The monoisotopic (exact) mass is 253 g/mol. The van der Waals surface area contributed by atoms with Crippen LogP contribution in [0, 0.1) is 0 Å². The summed E-state index contributed by atoms with van der Waals surface area (Å²) in [5.41, 5.74) is 2.44. The second-order valence-corrected chi connectivity index (χ2v) is 4.56. The van der Waals surface area contributed by atoms with E-state index in [-0.39, 0.29) is 0 Å². The number of rotatable bonds is 2. The molecule has 0 amide bonds. The molecule has 2 N–H and O–H groups in total. The second-order valence-electron chi connectivity index (χ2n) is 4.56. The Labute approximate surface area is 112 Å². The van der Waals surface area contributed by atoms with Crippen LogP contribution in [-0.4, -0.2) is 5.11 Å². The van der Waals surface area contributed by atoms with Crippen LogP contribution in [0.4, 0.5) is 0 Å². The van der Waals surface area contributed by atoms with E-state index in [2.05, 4.69) is 5.32 Å². The van der Waals surface area contributed by atoms with Crippen LogP contribution in [0.15, 0.2) is 66.4 Å². The Balaban J connectivity index is 1.94. The molecule has 96 valence electrons. The van der Waals surface area contributed by atoms with Crippen LogP contribution in [0.1, 0.15) is 18.1 Å². The van der Waals surface area contributed by atoms with Gasteiger partial charge in [0.1, 0.15) is 0 Å². The first kappa shape index (κ1) is 11.8. The molecule has 1 atom stereocenters. The van der Waals surface area contributed by atoms with Gasteiger partial charge in [0.25, 0.3) is 0 Å². The quantitative estimate of drug-likeness (QED) is 0.864. The molecule has 0 radical (unpaired) electrons. The van der Waals surface area contributed by atoms with Gasteiger partial charge in [-0.1, -0.05) is 60.7 Å². The lowest BCUT2D eigenvalue weighted by molar-refractivity contribution is -0.169. The van der Waals surface area contributed by atoms with Gasteiger partial charge < -0.3 is 15.2 Å². The smallest absolute Gasteiger partial charge is 0.318 e. The Morgan fingerprint density at radius 1 is 0.947 bits per heavy atom. The molecule has 0 saturated heterocycles. The normalized spacial score (nSPS) is 22.0. The van der Waals surface area contributed by atoms with Crippen LogP contribution in [0.5, 0.6) is 0 Å². The predicted molar refractivity (Wildman–Crippen MR) is 73.6 cm³/mol. The first-order chi connectivity index (χ1) is 9.19. The van der Waals surface area contributed by atoms with E-state index in [9.17, 15) is 5.11 Å². The third-order valence-electron chi connectivity index (χ3n) is 3.15. The van der Waals surface area contributed by atoms with Gasteiger partial charge in [-0.2, -0.15) is 0 Å². The molecule has 0 aromatic heterocycles. The number of benzene rings is 2. The van der Waals surface area contributed by atoms with Gasteiger partial charge in [0.2, 0.25) is 0 Å². The van der Waals surface area contributed by atoms with Crippen molar-refractivity contribution in [2.24, 2.45) is 0 Å². The molecule has 0 aliphatic carbocycles. The summed E-state index contributed by atoms with van der Waals surface area (Å²) in [6.45, 7) is 1.89. The number of nitrogens with one attached hydrogen (secondary N) is 1. The van der Waals surface area contributed by atoms with Crippen molar-refractivity contribution in [3.8, 4) is 0 Å². The maximum atomic E-state index is 10.6. The molecule has 0 saturated carbocycles. The van der Waals surface area contributed by atoms with Crippen molar-refractivity contribution in [3.63, 3.8) is 0 Å². The summed E-state index contributed by atoms with van der Waals surface area (Å²) in [6, 6.07) is 19.0. The van der Waals surface area contributed by atoms with Crippen molar-refractivity contribution >= 4 is 5.76 Å². The Morgan fingerprint density at radius 3 is 2.16 bits per heavy atom. The van der Waals surface area contributed by atoms with Gasteiger partial charge in [0, 0.05) is 11.1 Å². The molecule has 0 fully saturated rings. The van der Waals surface area contributed by atoms with Crippen LogP contribution in [0.3, 0.4) is 0 Å². The van der Waals surface area contributed by atoms with Crippen molar-refractivity contribution in [2.45, 2.75) is 12.8 Å². The summed E-state index contributed by atoms with van der Waals surface area (Å²) in [6.07, 6.45) is 0. The van der Waals surface area contributed by atoms with Gasteiger partial charge in [-0.15, -0.1) is 0 Å². The average Bonchev–Trinajstić information content (AvgIpc) is 2.77. The van der Waals surface area contributed by atoms with Gasteiger partial charge in [-0.05, 0) is 6.92 Å². The predicted octanol–water partition coefficient (Wildman–Crippen LogP) is 2.80. The minimum atomic E-state index is -1.49. The zero-order chi connectivity index (χ0) is 13.3. The highest BCUT2D eigenvalue weighted by Gasteiger charge is 2.39. The van der Waals surface area contributed by atoms with Crippen molar-refractivity contribution in [1.82, 2.24) is 5.32 Å². The molecular formula is C16H15NO2. The summed E-state index contributed by atoms with van der Waals surface area (Å²) in [4.78, 5) is 0. The fourth-order valence-corrected chi connectivity index (χ4v) is 2.22. The third-order valence-corrected chi connectivity index (χ3v) is 3.15. The molecule has 3 nitrogen and oxygen atoms in total. The first-order valence-corrected chi connectivity index (χ1v) is 6.20. The van der Waals surface area contributed by atoms with Gasteiger partial charge >= 0.3 is 5.91 Å². The Hall–Kier alpha value is -2.26. The highest BCUT2D eigenvalue weighted by molar-refractivity contribution is 5.64. The van der Waals surface area contributed by atoms with Crippen molar-refractivity contribution in [1.29, 1.82) is 0 Å². The molecule has 0 spiro atoms. The average molecular weight is 253 g/mol. The maximum absolute atomic E-state index is 10.6. The molecule has 2 aromatic carbocycles. The lowest BCUT2D eigenvalue weighted by atomic mass is 10.1. The van der Waals surface area contributed by atoms with Gasteiger partial charge in [0.05, 0.1) is 5.70 Å². The number of ether oxygens (including phenoxy) is 1. The summed E-state index contributed by atoms with van der Waals surface area (Å²) >= 11 is 0. The Kier molecular flexibility index (Phi) is 2.76. The van der Waals surface area contributed by atoms with Crippen LogP contribution in [0.25, 0.3) is 5.76 Å². The van der Waals surface area contributed by atoms with E-state index >= 15 is 0 Å². The molecule has 1 aliphatic rings. The van der Waals surface area contributed by atoms with Gasteiger partial charge in [0.15, 0.2) is 5.76 Å². The summed E-state index contributed by atoms with van der Waals surface area (Å²) in [5.74, 6) is -0.816. The van der Waals surface area contributed by atoms with E-state index in [0.717, 1.165) is 11.3 Å². The zero-order valence-corrected chi connectivity index (χ0v) is 10.6. The number of allylic oxidation sites excluding steroid dienone is 1. The van der Waals surface area contributed by atoms with E-state index in [1.54, 1.807) is 0 Å². The summed E-state index contributed by atoms with van der Waals surface area (Å²) < 4.78 is 5.76. The van der Waals surface area contributed by atoms with E-state index in [4.69, 9.17) is 4.74 Å².